The summed E-state index contributed by atoms with van der Waals surface area (Å²) in [5.41, 5.74) is 1.95. The Morgan fingerprint density at radius 1 is 1.25 bits per heavy atom. The van der Waals surface area contributed by atoms with Gasteiger partial charge in [0.15, 0.2) is 0 Å². The Morgan fingerprint density at radius 2 is 1.95 bits per heavy atom. The van der Waals surface area contributed by atoms with Crippen molar-refractivity contribution in [2.45, 2.75) is 57.5 Å². The van der Waals surface area contributed by atoms with Crippen LogP contribution in [0.15, 0.2) is 6.07 Å². The highest BCUT2D eigenvalue weighted by Crippen LogP contribution is 2.28. The lowest BCUT2D eigenvalue weighted by Crippen LogP contribution is -2.39. The van der Waals surface area contributed by atoms with Gasteiger partial charge in [0.05, 0.1) is 5.60 Å². The van der Waals surface area contributed by atoms with Gasteiger partial charge in [-0.25, -0.2) is 15.8 Å². The molecule has 1 aliphatic carbocycles. The molecule has 1 aromatic rings. The summed E-state index contributed by atoms with van der Waals surface area (Å²) < 4.78 is 0. The molecule has 6 nitrogen and oxygen atoms in total. The normalized spacial score (nSPS) is 17.8. The van der Waals surface area contributed by atoms with Gasteiger partial charge in [0, 0.05) is 19.0 Å². The van der Waals surface area contributed by atoms with Gasteiger partial charge in [-0.2, -0.15) is 0 Å². The van der Waals surface area contributed by atoms with Crippen LogP contribution in [0, 0.1) is 0 Å². The van der Waals surface area contributed by atoms with E-state index in [0.717, 1.165) is 50.2 Å². The number of hydrogen-bond acceptors (Lipinski definition) is 6. The number of rotatable bonds is 6. The minimum absolute atomic E-state index is 0.527. The summed E-state index contributed by atoms with van der Waals surface area (Å²) in [5.74, 6) is 7.51. The van der Waals surface area contributed by atoms with Crippen LogP contribution in [0.2, 0.25) is 0 Å². The van der Waals surface area contributed by atoms with Gasteiger partial charge in [0.25, 0.3) is 0 Å². The van der Waals surface area contributed by atoms with Crippen LogP contribution >= 0.6 is 0 Å². The Balaban J connectivity index is 2.02. The van der Waals surface area contributed by atoms with E-state index < -0.39 is 5.60 Å². The van der Waals surface area contributed by atoms with E-state index in [1.165, 1.54) is 6.42 Å². The highest BCUT2D eigenvalue weighted by atomic mass is 16.3. The van der Waals surface area contributed by atoms with E-state index in [9.17, 15) is 5.11 Å². The number of nitrogens with zero attached hydrogens (tertiary/aromatic N) is 2. The van der Waals surface area contributed by atoms with Crippen molar-refractivity contribution in [1.82, 2.24) is 9.97 Å². The van der Waals surface area contributed by atoms with E-state index in [4.69, 9.17) is 5.84 Å². The van der Waals surface area contributed by atoms with Crippen molar-refractivity contribution in [3.63, 3.8) is 0 Å². The van der Waals surface area contributed by atoms with E-state index in [1.54, 1.807) is 6.07 Å². The second-order valence-corrected chi connectivity index (χ2v) is 5.59. The predicted octanol–water partition coefficient (Wildman–Crippen LogP) is 1.82. The van der Waals surface area contributed by atoms with Gasteiger partial charge in [0.1, 0.15) is 17.5 Å². The fraction of sp³-hybridized carbons (Fsp3) is 0.714. The largest absolute Gasteiger partial charge is 0.388 e. The lowest BCUT2D eigenvalue weighted by molar-refractivity contribution is 0.0166. The van der Waals surface area contributed by atoms with Crippen LogP contribution in [0.5, 0.6) is 0 Å². The van der Waals surface area contributed by atoms with Crippen molar-refractivity contribution in [1.29, 1.82) is 0 Å². The zero-order chi connectivity index (χ0) is 14.4. The molecule has 0 radical (unpaired) electrons. The van der Waals surface area contributed by atoms with Gasteiger partial charge in [-0.3, -0.25) is 0 Å². The molecule has 5 N–H and O–H groups in total. The summed E-state index contributed by atoms with van der Waals surface area (Å²) in [5, 5.41) is 13.7. The molecule has 0 bridgehead atoms. The number of aliphatic hydroxyl groups is 1. The summed E-state index contributed by atoms with van der Waals surface area (Å²) in [6, 6.07) is 1.77. The molecule has 0 aromatic carbocycles. The van der Waals surface area contributed by atoms with Crippen LogP contribution in [0.25, 0.3) is 0 Å². The second-order valence-electron chi connectivity index (χ2n) is 5.59. The Hall–Kier alpha value is -1.40. The van der Waals surface area contributed by atoms with Crippen LogP contribution in [0.3, 0.4) is 0 Å². The first-order chi connectivity index (χ1) is 9.65. The zero-order valence-electron chi connectivity index (χ0n) is 12.2. The van der Waals surface area contributed by atoms with Crippen molar-refractivity contribution in [2.24, 2.45) is 5.84 Å². The average Bonchev–Trinajstić information content (AvgIpc) is 2.46. The molecule has 1 fully saturated rings. The number of aromatic nitrogens is 2. The van der Waals surface area contributed by atoms with E-state index in [2.05, 4.69) is 27.6 Å². The van der Waals surface area contributed by atoms with Gasteiger partial charge in [-0.05, 0) is 19.3 Å². The van der Waals surface area contributed by atoms with E-state index >= 15 is 0 Å². The predicted molar refractivity (Wildman–Crippen MR) is 80.4 cm³/mol. The molecule has 1 saturated carbocycles. The summed E-state index contributed by atoms with van der Waals surface area (Å²) in [6.45, 7) is 2.61. The van der Waals surface area contributed by atoms with Crippen molar-refractivity contribution >= 4 is 11.6 Å². The monoisotopic (exact) mass is 279 g/mol. The molecule has 1 aliphatic rings. The fourth-order valence-electron chi connectivity index (χ4n) is 2.64. The molecule has 6 heteroatoms. The fourth-order valence-corrected chi connectivity index (χ4v) is 2.64. The smallest absolute Gasteiger partial charge is 0.145 e. The SMILES string of the molecule is CCCc1nc(NN)cc(NCC2(O)CCCCC2)n1. The van der Waals surface area contributed by atoms with Gasteiger partial charge in [-0.1, -0.05) is 26.2 Å². The molecule has 20 heavy (non-hydrogen) atoms. The third-order valence-electron chi connectivity index (χ3n) is 3.78. The molecule has 0 unspecified atom stereocenters. The molecule has 112 valence electrons. The summed E-state index contributed by atoms with van der Waals surface area (Å²) in [7, 11) is 0. The molecular formula is C14H25N5O. The lowest BCUT2D eigenvalue weighted by Gasteiger charge is -2.32. The quantitative estimate of drug-likeness (QED) is 0.468. The second kappa shape index (κ2) is 6.85. The van der Waals surface area contributed by atoms with Gasteiger partial charge < -0.3 is 15.8 Å². The number of hydrazine groups is 1. The number of nitrogens with one attached hydrogen (secondary N) is 2. The van der Waals surface area contributed by atoms with Gasteiger partial charge in [-0.15, -0.1) is 0 Å². The Bertz CT molecular complexity index is 432. The molecule has 0 spiro atoms. The first kappa shape index (κ1) is 15.0. The molecule has 1 heterocycles. The van der Waals surface area contributed by atoms with Crippen LogP contribution in [-0.2, 0) is 6.42 Å². The molecule has 1 aromatic heterocycles. The summed E-state index contributed by atoms with van der Waals surface area (Å²) in [6.07, 6.45) is 6.92. The number of hydrogen-bond donors (Lipinski definition) is 4. The topological polar surface area (TPSA) is 96.1 Å². The first-order valence-electron chi connectivity index (χ1n) is 7.46. The molecular weight excluding hydrogens is 254 g/mol. The van der Waals surface area contributed by atoms with Crippen molar-refractivity contribution in [3.05, 3.63) is 11.9 Å². The number of anilines is 2. The van der Waals surface area contributed by atoms with E-state index in [0.29, 0.717) is 12.4 Å². The molecule has 2 rings (SSSR count). The number of nitrogens with two attached hydrogens (primary N) is 1. The van der Waals surface area contributed by atoms with Crippen LogP contribution in [0.1, 0.15) is 51.3 Å². The van der Waals surface area contributed by atoms with Crippen molar-refractivity contribution < 1.29 is 5.11 Å². The highest BCUT2D eigenvalue weighted by Gasteiger charge is 2.28. The Morgan fingerprint density at radius 3 is 2.60 bits per heavy atom. The van der Waals surface area contributed by atoms with E-state index in [1.807, 2.05) is 0 Å². The standard InChI is InChI=1S/C14H25N5O/c1-2-6-11-17-12(9-13(18-11)19-15)16-10-14(20)7-4-3-5-8-14/h9,20H,2-8,10,15H2,1H3,(H2,16,17,18,19). The van der Waals surface area contributed by atoms with Gasteiger partial charge >= 0.3 is 0 Å². The van der Waals surface area contributed by atoms with Crippen LogP contribution < -0.4 is 16.6 Å². The maximum Gasteiger partial charge on any atom is 0.145 e. The maximum atomic E-state index is 10.5. The molecule has 0 aliphatic heterocycles. The van der Waals surface area contributed by atoms with Gasteiger partial charge in [0.2, 0.25) is 0 Å². The zero-order valence-corrected chi connectivity index (χ0v) is 12.2. The number of nitrogen functional groups attached to an aromatic ring is 1. The Labute approximate surface area is 120 Å². The maximum absolute atomic E-state index is 10.5. The highest BCUT2D eigenvalue weighted by molar-refractivity contribution is 5.47. The van der Waals surface area contributed by atoms with Crippen LogP contribution in [0.4, 0.5) is 11.6 Å². The molecule has 0 saturated heterocycles. The summed E-state index contributed by atoms with van der Waals surface area (Å²) in [4.78, 5) is 8.76. The molecule has 0 atom stereocenters. The number of aryl methyl sites for hydroxylation is 1. The molecule has 0 amide bonds. The lowest BCUT2D eigenvalue weighted by atomic mass is 9.85. The van der Waals surface area contributed by atoms with Crippen molar-refractivity contribution in [3.8, 4) is 0 Å². The third-order valence-corrected chi connectivity index (χ3v) is 3.78. The van der Waals surface area contributed by atoms with E-state index in [-0.39, 0.29) is 0 Å². The van der Waals surface area contributed by atoms with Crippen molar-refractivity contribution in [2.75, 3.05) is 17.3 Å². The minimum atomic E-state index is -0.607. The summed E-state index contributed by atoms with van der Waals surface area (Å²) >= 11 is 0. The first-order valence-corrected chi connectivity index (χ1v) is 7.46. The minimum Gasteiger partial charge on any atom is -0.388 e. The Kier molecular flexibility index (Phi) is 5.14. The average molecular weight is 279 g/mol. The third kappa shape index (κ3) is 4.05. The van der Waals surface area contributed by atoms with Crippen LogP contribution in [-0.4, -0.2) is 27.2 Å².